The molecule has 2 heterocycles. The third-order valence-electron chi connectivity index (χ3n) is 4.28. The molecule has 2 aromatic heterocycles. The van der Waals surface area contributed by atoms with E-state index < -0.39 is 0 Å². The maximum atomic E-state index is 13.1. The topological polar surface area (TPSA) is 34.4 Å². The zero-order chi connectivity index (χ0) is 15.7. The summed E-state index contributed by atoms with van der Waals surface area (Å²) in [6.07, 6.45) is 0. The predicted molar refractivity (Wildman–Crippen MR) is 101 cm³/mol. The molecule has 0 aliphatic carbocycles. The molecule has 0 amide bonds. The van der Waals surface area contributed by atoms with Crippen LogP contribution < -0.4 is 5.56 Å². The summed E-state index contributed by atoms with van der Waals surface area (Å²) in [6.45, 7) is 0. The van der Waals surface area contributed by atoms with E-state index in [2.05, 4.69) is 31.9 Å². The molecule has 0 aliphatic heterocycles. The number of benzene rings is 3. The van der Waals surface area contributed by atoms with Crippen molar-refractivity contribution in [2.75, 3.05) is 0 Å². The van der Waals surface area contributed by atoms with Gasteiger partial charge in [0.15, 0.2) is 0 Å². The highest BCUT2D eigenvalue weighted by Gasteiger charge is 2.16. The second-order valence-corrected chi connectivity index (χ2v) is 7.25. The van der Waals surface area contributed by atoms with Gasteiger partial charge in [0.2, 0.25) is 0 Å². The molecular formula is C18H8Br2N2O. The van der Waals surface area contributed by atoms with Crippen LogP contribution in [0.4, 0.5) is 0 Å². The standard InChI is InChI=1S/C18H8Br2N2O/c19-12-7-14-15(8-13(12)20)22-17(21-14)10-5-1-3-9-4-2-6-11(16(9)10)18(22)23/h1-8H. The van der Waals surface area contributed by atoms with Crippen molar-refractivity contribution in [3.05, 3.63) is 67.8 Å². The Morgan fingerprint density at radius 1 is 0.913 bits per heavy atom. The fraction of sp³-hybridized carbons (Fsp3) is 0. The molecule has 0 N–H and O–H groups in total. The number of imidazole rings is 1. The van der Waals surface area contributed by atoms with Gasteiger partial charge in [0.25, 0.3) is 5.56 Å². The quantitative estimate of drug-likeness (QED) is 0.344. The van der Waals surface area contributed by atoms with E-state index in [1.165, 1.54) is 0 Å². The number of aromatic nitrogens is 2. The first-order chi connectivity index (χ1) is 11.1. The highest BCUT2D eigenvalue weighted by molar-refractivity contribution is 9.13. The van der Waals surface area contributed by atoms with Crippen molar-refractivity contribution in [3.63, 3.8) is 0 Å². The van der Waals surface area contributed by atoms with Gasteiger partial charge in [0, 0.05) is 25.1 Å². The summed E-state index contributed by atoms with van der Waals surface area (Å²) in [5.74, 6) is 0. The molecule has 0 saturated carbocycles. The largest absolute Gasteiger partial charge is 0.268 e. The molecule has 0 unspecified atom stereocenters. The molecule has 0 atom stereocenters. The predicted octanol–water partition coefficient (Wildman–Crippen LogP) is 5.12. The Labute approximate surface area is 147 Å². The van der Waals surface area contributed by atoms with Crippen molar-refractivity contribution in [2.24, 2.45) is 0 Å². The first-order valence-electron chi connectivity index (χ1n) is 7.09. The average molecular weight is 428 g/mol. The van der Waals surface area contributed by atoms with Crippen LogP contribution in [-0.4, -0.2) is 9.38 Å². The van der Waals surface area contributed by atoms with Gasteiger partial charge in [0.1, 0.15) is 5.65 Å². The minimum atomic E-state index is -0.0268. The minimum Gasteiger partial charge on any atom is -0.268 e. The fourth-order valence-corrected chi connectivity index (χ4v) is 3.95. The lowest BCUT2D eigenvalue weighted by molar-refractivity contribution is 1.19. The van der Waals surface area contributed by atoms with Gasteiger partial charge in [-0.25, -0.2) is 4.98 Å². The monoisotopic (exact) mass is 426 g/mol. The second-order valence-electron chi connectivity index (χ2n) is 5.54. The summed E-state index contributed by atoms with van der Waals surface area (Å²) in [5, 5.41) is 3.78. The van der Waals surface area contributed by atoms with E-state index in [1.807, 2.05) is 48.5 Å². The van der Waals surface area contributed by atoms with E-state index in [0.717, 1.165) is 41.5 Å². The molecular weight excluding hydrogens is 420 g/mol. The van der Waals surface area contributed by atoms with Crippen molar-refractivity contribution in [2.45, 2.75) is 0 Å². The van der Waals surface area contributed by atoms with E-state index in [9.17, 15) is 4.79 Å². The Balaban J connectivity index is 2.20. The second kappa shape index (κ2) is 4.52. The summed E-state index contributed by atoms with van der Waals surface area (Å²) in [4.78, 5) is 17.8. The Bertz CT molecular complexity index is 1300. The van der Waals surface area contributed by atoms with Gasteiger partial charge in [-0.1, -0.05) is 30.3 Å². The minimum absolute atomic E-state index is 0.0268. The number of nitrogens with zero attached hydrogens (tertiary/aromatic N) is 2. The van der Waals surface area contributed by atoms with Crippen molar-refractivity contribution in [3.8, 4) is 0 Å². The van der Waals surface area contributed by atoms with Crippen LogP contribution in [0.2, 0.25) is 0 Å². The highest BCUT2D eigenvalue weighted by atomic mass is 79.9. The zero-order valence-corrected chi connectivity index (χ0v) is 14.8. The van der Waals surface area contributed by atoms with E-state index in [0.29, 0.717) is 5.65 Å². The maximum absolute atomic E-state index is 13.1. The first-order valence-corrected chi connectivity index (χ1v) is 8.68. The fourth-order valence-electron chi connectivity index (χ4n) is 3.28. The lowest BCUT2D eigenvalue weighted by Crippen LogP contribution is -2.13. The molecule has 0 aliphatic rings. The van der Waals surface area contributed by atoms with Crippen LogP contribution in [0.5, 0.6) is 0 Å². The SMILES string of the molecule is O=c1c2cccc3cccc(c32)c2nc3cc(Br)c(Br)cc3n12. The third-order valence-corrected chi connectivity index (χ3v) is 6.12. The summed E-state index contributed by atoms with van der Waals surface area (Å²) in [7, 11) is 0. The molecule has 23 heavy (non-hydrogen) atoms. The number of hydrogen-bond acceptors (Lipinski definition) is 2. The van der Waals surface area contributed by atoms with Crippen molar-refractivity contribution in [1.82, 2.24) is 9.38 Å². The van der Waals surface area contributed by atoms with Gasteiger partial charge >= 0.3 is 0 Å². The lowest BCUT2D eigenvalue weighted by Gasteiger charge is -2.06. The molecule has 3 nitrogen and oxygen atoms in total. The van der Waals surface area contributed by atoms with Crippen LogP contribution in [0.3, 0.4) is 0 Å². The molecule has 110 valence electrons. The van der Waals surface area contributed by atoms with Gasteiger partial charge in [-0.2, -0.15) is 0 Å². The van der Waals surface area contributed by atoms with Crippen molar-refractivity contribution >= 4 is 70.1 Å². The Kier molecular flexibility index (Phi) is 2.65. The molecule has 0 spiro atoms. The van der Waals surface area contributed by atoms with E-state index in [-0.39, 0.29) is 5.56 Å². The molecule has 5 heteroatoms. The highest BCUT2D eigenvalue weighted by Crippen LogP contribution is 2.32. The van der Waals surface area contributed by atoms with E-state index in [1.54, 1.807) is 4.40 Å². The van der Waals surface area contributed by atoms with Crippen LogP contribution in [0.25, 0.3) is 38.2 Å². The van der Waals surface area contributed by atoms with Crippen LogP contribution in [0.15, 0.2) is 62.3 Å². The zero-order valence-electron chi connectivity index (χ0n) is 11.7. The molecule has 5 aromatic rings. The molecule has 0 fully saturated rings. The number of rotatable bonds is 0. The summed E-state index contributed by atoms with van der Waals surface area (Å²) in [5.41, 5.74) is 2.29. The normalized spacial score (nSPS) is 12.1. The van der Waals surface area contributed by atoms with Crippen LogP contribution in [-0.2, 0) is 0 Å². The lowest BCUT2D eigenvalue weighted by atomic mass is 10.0. The van der Waals surface area contributed by atoms with Crippen molar-refractivity contribution in [1.29, 1.82) is 0 Å². The summed E-state index contributed by atoms with van der Waals surface area (Å²) in [6, 6.07) is 15.8. The van der Waals surface area contributed by atoms with Crippen LogP contribution in [0.1, 0.15) is 0 Å². The first kappa shape index (κ1) is 13.5. The third kappa shape index (κ3) is 1.69. The van der Waals surface area contributed by atoms with Gasteiger partial charge in [-0.15, -0.1) is 0 Å². The smallest absolute Gasteiger partial charge is 0.264 e. The molecule has 0 radical (unpaired) electrons. The Morgan fingerprint density at radius 3 is 2.39 bits per heavy atom. The number of fused-ring (bicyclic) bond motifs is 4. The molecule has 5 rings (SSSR count). The van der Waals surface area contributed by atoms with Gasteiger partial charge in [-0.3, -0.25) is 9.20 Å². The number of hydrogen-bond donors (Lipinski definition) is 0. The maximum Gasteiger partial charge on any atom is 0.264 e. The van der Waals surface area contributed by atoms with Crippen LogP contribution in [0, 0.1) is 0 Å². The van der Waals surface area contributed by atoms with E-state index in [4.69, 9.17) is 4.98 Å². The Hall–Kier alpha value is -1.98. The summed E-state index contributed by atoms with van der Waals surface area (Å²) < 4.78 is 3.53. The van der Waals surface area contributed by atoms with Gasteiger partial charge in [-0.05, 0) is 55.4 Å². The van der Waals surface area contributed by atoms with Crippen molar-refractivity contribution < 1.29 is 0 Å². The molecule has 0 bridgehead atoms. The Morgan fingerprint density at radius 2 is 1.61 bits per heavy atom. The number of halogens is 2. The van der Waals surface area contributed by atoms with Crippen LogP contribution >= 0.6 is 31.9 Å². The van der Waals surface area contributed by atoms with E-state index >= 15 is 0 Å². The number of pyridine rings is 1. The molecule has 3 aromatic carbocycles. The summed E-state index contributed by atoms with van der Waals surface area (Å²) >= 11 is 7.01. The molecule has 0 saturated heterocycles. The average Bonchev–Trinajstić information content (AvgIpc) is 2.91. The van der Waals surface area contributed by atoms with Gasteiger partial charge in [0.05, 0.1) is 11.0 Å². The van der Waals surface area contributed by atoms with Gasteiger partial charge < -0.3 is 0 Å².